The second-order valence-electron chi connectivity index (χ2n) is 6.08. The normalized spacial score (nSPS) is 20.5. The minimum atomic E-state index is -1.03. The van der Waals surface area contributed by atoms with E-state index in [1.165, 1.54) is 0 Å². The van der Waals surface area contributed by atoms with Crippen LogP contribution in [0.3, 0.4) is 0 Å². The molecule has 1 amide bonds. The summed E-state index contributed by atoms with van der Waals surface area (Å²) in [5.74, 6) is -0.0901. The lowest BCUT2D eigenvalue weighted by Gasteiger charge is -2.13. The maximum atomic E-state index is 12.1. The second-order valence-corrected chi connectivity index (χ2v) is 6.08. The largest absolute Gasteiger partial charge is 0.494 e. The standard InChI is InChI=1S/C17H23NO5/c1-11(2)8-9-22-13-5-3-4-12(10-13)18-16(19)14-6-7-15(23-14)17(20)21/h3-5,10-11,14-15H,6-9H2,1-2H3,(H,18,19)(H,20,21)/t14-,15+/m0/s1. The Morgan fingerprint density at radius 1 is 1.35 bits per heavy atom. The summed E-state index contributed by atoms with van der Waals surface area (Å²) in [5.41, 5.74) is 0.611. The second kappa shape index (κ2) is 7.97. The van der Waals surface area contributed by atoms with Gasteiger partial charge in [0.05, 0.1) is 6.61 Å². The number of carbonyl (C=O) groups excluding carboxylic acids is 1. The molecular weight excluding hydrogens is 298 g/mol. The van der Waals surface area contributed by atoms with Gasteiger partial charge in [0.25, 0.3) is 5.91 Å². The van der Waals surface area contributed by atoms with E-state index in [0.29, 0.717) is 36.8 Å². The molecule has 1 aliphatic heterocycles. The monoisotopic (exact) mass is 321 g/mol. The van der Waals surface area contributed by atoms with E-state index in [4.69, 9.17) is 14.6 Å². The lowest BCUT2D eigenvalue weighted by molar-refractivity contribution is -0.150. The number of carboxylic acid groups (broad SMARTS) is 1. The Balaban J connectivity index is 1.87. The molecule has 2 N–H and O–H groups in total. The molecule has 2 rings (SSSR count). The van der Waals surface area contributed by atoms with Crippen molar-refractivity contribution in [3.63, 3.8) is 0 Å². The number of carboxylic acids is 1. The van der Waals surface area contributed by atoms with Gasteiger partial charge in [-0.15, -0.1) is 0 Å². The number of hydrogen-bond acceptors (Lipinski definition) is 4. The minimum Gasteiger partial charge on any atom is -0.494 e. The Bertz CT molecular complexity index is 558. The van der Waals surface area contributed by atoms with Crippen molar-refractivity contribution in [1.29, 1.82) is 0 Å². The molecule has 0 aliphatic carbocycles. The average molecular weight is 321 g/mol. The van der Waals surface area contributed by atoms with Gasteiger partial charge < -0.3 is 19.9 Å². The number of carbonyl (C=O) groups is 2. The van der Waals surface area contributed by atoms with Crippen LogP contribution in [0, 0.1) is 5.92 Å². The highest BCUT2D eigenvalue weighted by Crippen LogP contribution is 2.23. The van der Waals surface area contributed by atoms with Crippen molar-refractivity contribution < 1.29 is 24.2 Å². The van der Waals surface area contributed by atoms with Crippen molar-refractivity contribution in [1.82, 2.24) is 0 Å². The van der Waals surface area contributed by atoms with Crippen LogP contribution < -0.4 is 10.1 Å². The molecule has 0 spiro atoms. The number of ether oxygens (including phenoxy) is 2. The highest BCUT2D eigenvalue weighted by atomic mass is 16.5. The first-order chi connectivity index (χ1) is 11.0. The third-order valence-corrected chi connectivity index (χ3v) is 3.65. The molecule has 1 fully saturated rings. The van der Waals surface area contributed by atoms with Crippen molar-refractivity contribution >= 4 is 17.6 Å². The van der Waals surface area contributed by atoms with Gasteiger partial charge in [0.1, 0.15) is 11.9 Å². The summed E-state index contributed by atoms with van der Waals surface area (Å²) in [6.45, 7) is 4.89. The van der Waals surface area contributed by atoms with Crippen LogP contribution in [-0.2, 0) is 14.3 Å². The average Bonchev–Trinajstić information content (AvgIpc) is 2.97. The van der Waals surface area contributed by atoms with Crippen LogP contribution in [0.4, 0.5) is 5.69 Å². The molecule has 1 aromatic carbocycles. The van der Waals surface area contributed by atoms with Crippen molar-refractivity contribution in [3.05, 3.63) is 24.3 Å². The molecule has 0 unspecified atom stereocenters. The zero-order valence-electron chi connectivity index (χ0n) is 13.5. The minimum absolute atomic E-state index is 0.326. The number of benzene rings is 1. The fourth-order valence-corrected chi connectivity index (χ4v) is 2.31. The zero-order valence-corrected chi connectivity index (χ0v) is 13.5. The van der Waals surface area contributed by atoms with Gasteiger partial charge in [-0.2, -0.15) is 0 Å². The van der Waals surface area contributed by atoms with Crippen LogP contribution in [0.2, 0.25) is 0 Å². The Morgan fingerprint density at radius 3 is 2.74 bits per heavy atom. The van der Waals surface area contributed by atoms with E-state index >= 15 is 0 Å². The lowest BCUT2D eigenvalue weighted by Crippen LogP contribution is -2.29. The molecule has 6 nitrogen and oxygen atoms in total. The molecule has 1 saturated heterocycles. The SMILES string of the molecule is CC(C)CCOc1cccc(NC(=O)[C@@H]2CC[C@H](C(=O)O)O2)c1. The number of hydrogen-bond donors (Lipinski definition) is 2. The molecule has 0 saturated carbocycles. The summed E-state index contributed by atoms with van der Waals surface area (Å²) < 4.78 is 10.9. The highest BCUT2D eigenvalue weighted by molar-refractivity contribution is 5.94. The fraction of sp³-hybridized carbons (Fsp3) is 0.529. The summed E-state index contributed by atoms with van der Waals surface area (Å²) in [5, 5.41) is 11.6. The quantitative estimate of drug-likeness (QED) is 0.806. The topological polar surface area (TPSA) is 84.9 Å². The van der Waals surface area contributed by atoms with Crippen molar-refractivity contribution in [3.8, 4) is 5.75 Å². The molecule has 2 atom stereocenters. The summed E-state index contributed by atoms with van der Waals surface area (Å²) in [4.78, 5) is 23.0. The number of rotatable bonds is 7. The van der Waals surface area contributed by atoms with Crippen LogP contribution in [0.25, 0.3) is 0 Å². The molecule has 1 aromatic rings. The van der Waals surface area contributed by atoms with Gasteiger partial charge >= 0.3 is 5.97 Å². The molecule has 126 valence electrons. The smallest absolute Gasteiger partial charge is 0.332 e. The molecule has 0 aromatic heterocycles. The van der Waals surface area contributed by atoms with Crippen molar-refractivity contribution in [2.24, 2.45) is 5.92 Å². The van der Waals surface area contributed by atoms with Crippen molar-refractivity contribution in [2.75, 3.05) is 11.9 Å². The summed E-state index contributed by atoms with van der Waals surface area (Å²) in [6.07, 6.45) is 0.112. The predicted octanol–water partition coefficient (Wildman–Crippen LogP) is 2.68. The third kappa shape index (κ3) is 5.25. The van der Waals surface area contributed by atoms with E-state index in [9.17, 15) is 9.59 Å². The molecule has 6 heteroatoms. The van der Waals surface area contributed by atoms with Crippen molar-refractivity contribution in [2.45, 2.75) is 45.3 Å². The van der Waals surface area contributed by atoms with E-state index in [0.717, 1.165) is 6.42 Å². The molecule has 0 radical (unpaired) electrons. The molecule has 1 aliphatic rings. The van der Waals surface area contributed by atoms with Crippen LogP contribution in [-0.4, -0.2) is 35.8 Å². The number of amides is 1. The molecular formula is C17H23NO5. The van der Waals surface area contributed by atoms with E-state index < -0.39 is 18.2 Å². The Hall–Kier alpha value is -2.08. The maximum absolute atomic E-state index is 12.1. The van der Waals surface area contributed by atoms with Gasteiger partial charge in [-0.3, -0.25) is 4.79 Å². The number of anilines is 1. The van der Waals surface area contributed by atoms with Gasteiger partial charge in [-0.05, 0) is 37.3 Å². The molecule has 0 bridgehead atoms. The maximum Gasteiger partial charge on any atom is 0.332 e. The first-order valence-corrected chi connectivity index (χ1v) is 7.87. The summed E-state index contributed by atoms with van der Waals surface area (Å²) in [6, 6.07) is 7.15. The Labute approximate surface area is 135 Å². The van der Waals surface area contributed by atoms with Crippen LogP contribution >= 0.6 is 0 Å². The van der Waals surface area contributed by atoms with Crippen LogP contribution in [0.15, 0.2) is 24.3 Å². The third-order valence-electron chi connectivity index (χ3n) is 3.65. The Kier molecular flexibility index (Phi) is 5.98. The van der Waals surface area contributed by atoms with E-state index in [1.807, 2.05) is 6.07 Å². The van der Waals surface area contributed by atoms with Gasteiger partial charge in [-0.1, -0.05) is 19.9 Å². The number of aliphatic carboxylic acids is 1. The summed E-state index contributed by atoms with van der Waals surface area (Å²) in [7, 11) is 0. The molecule has 23 heavy (non-hydrogen) atoms. The summed E-state index contributed by atoms with van der Waals surface area (Å²) >= 11 is 0. The predicted molar refractivity (Wildman–Crippen MR) is 85.6 cm³/mol. The van der Waals surface area contributed by atoms with Gasteiger partial charge in [0.2, 0.25) is 0 Å². The first kappa shape index (κ1) is 17.3. The first-order valence-electron chi connectivity index (χ1n) is 7.87. The fourth-order valence-electron chi connectivity index (χ4n) is 2.31. The van der Waals surface area contributed by atoms with Crippen LogP contribution in [0.1, 0.15) is 33.1 Å². The van der Waals surface area contributed by atoms with E-state index in [-0.39, 0.29) is 5.91 Å². The lowest BCUT2D eigenvalue weighted by atomic mass is 10.1. The van der Waals surface area contributed by atoms with E-state index in [1.54, 1.807) is 18.2 Å². The van der Waals surface area contributed by atoms with Gasteiger partial charge in [0, 0.05) is 11.8 Å². The van der Waals surface area contributed by atoms with E-state index in [2.05, 4.69) is 19.2 Å². The van der Waals surface area contributed by atoms with Gasteiger partial charge in [0.15, 0.2) is 6.10 Å². The highest BCUT2D eigenvalue weighted by Gasteiger charge is 2.34. The van der Waals surface area contributed by atoms with Gasteiger partial charge in [-0.25, -0.2) is 4.79 Å². The number of nitrogens with one attached hydrogen (secondary N) is 1. The Morgan fingerprint density at radius 2 is 2.09 bits per heavy atom. The zero-order chi connectivity index (χ0) is 16.8. The van der Waals surface area contributed by atoms with Crippen LogP contribution in [0.5, 0.6) is 5.75 Å². The molecule has 1 heterocycles.